The van der Waals surface area contributed by atoms with E-state index >= 15 is 0 Å². The standard InChI is InChI=1S/C15H22O/c1-11(2)8-12-9-13(16)10-15(3)7-5-4-6-14(12)15/h6,9,11H,4-5,7-8,10H2,1-3H3. The van der Waals surface area contributed by atoms with Crippen molar-refractivity contribution in [3.63, 3.8) is 0 Å². The van der Waals surface area contributed by atoms with Gasteiger partial charge in [-0.2, -0.15) is 0 Å². The topological polar surface area (TPSA) is 17.1 Å². The molecule has 0 heterocycles. The maximum absolute atomic E-state index is 11.8. The molecule has 1 heteroatoms. The lowest BCUT2D eigenvalue weighted by molar-refractivity contribution is -0.116. The highest BCUT2D eigenvalue weighted by molar-refractivity contribution is 5.93. The van der Waals surface area contributed by atoms with Crippen LogP contribution in [0.3, 0.4) is 0 Å². The summed E-state index contributed by atoms with van der Waals surface area (Å²) >= 11 is 0. The van der Waals surface area contributed by atoms with E-state index in [4.69, 9.17) is 0 Å². The van der Waals surface area contributed by atoms with E-state index < -0.39 is 0 Å². The smallest absolute Gasteiger partial charge is 0.156 e. The third-order valence-electron chi connectivity index (χ3n) is 3.81. The van der Waals surface area contributed by atoms with Crippen molar-refractivity contribution < 1.29 is 4.79 Å². The first-order valence-corrected chi connectivity index (χ1v) is 6.46. The molecule has 2 rings (SSSR count). The highest BCUT2D eigenvalue weighted by Crippen LogP contribution is 2.47. The number of fused-ring (bicyclic) bond motifs is 1. The van der Waals surface area contributed by atoms with Gasteiger partial charge >= 0.3 is 0 Å². The van der Waals surface area contributed by atoms with Crippen LogP contribution in [0.5, 0.6) is 0 Å². The number of allylic oxidation sites excluding steroid dienone is 4. The monoisotopic (exact) mass is 218 g/mol. The van der Waals surface area contributed by atoms with Gasteiger partial charge < -0.3 is 0 Å². The lowest BCUT2D eigenvalue weighted by atomic mass is 9.64. The van der Waals surface area contributed by atoms with Crippen LogP contribution in [0.15, 0.2) is 23.3 Å². The number of rotatable bonds is 2. The van der Waals surface area contributed by atoms with Crippen LogP contribution < -0.4 is 0 Å². The van der Waals surface area contributed by atoms with Crippen molar-refractivity contribution in [2.45, 2.75) is 52.9 Å². The van der Waals surface area contributed by atoms with Crippen LogP contribution in [0.2, 0.25) is 0 Å². The summed E-state index contributed by atoms with van der Waals surface area (Å²) in [6.45, 7) is 6.71. The van der Waals surface area contributed by atoms with Gasteiger partial charge in [0.2, 0.25) is 0 Å². The molecule has 0 N–H and O–H groups in total. The van der Waals surface area contributed by atoms with E-state index in [0.717, 1.165) is 12.8 Å². The highest BCUT2D eigenvalue weighted by atomic mass is 16.1. The first-order valence-electron chi connectivity index (χ1n) is 6.46. The zero-order valence-corrected chi connectivity index (χ0v) is 10.7. The minimum atomic E-state index is 0.147. The normalized spacial score (nSPS) is 29.9. The second kappa shape index (κ2) is 4.20. The van der Waals surface area contributed by atoms with E-state index in [0.29, 0.717) is 11.7 Å². The fourth-order valence-corrected chi connectivity index (χ4v) is 3.14. The van der Waals surface area contributed by atoms with Crippen molar-refractivity contribution in [3.8, 4) is 0 Å². The first kappa shape index (κ1) is 11.6. The molecule has 0 bridgehead atoms. The van der Waals surface area contributed by atoms with Gasteiger partial charge in [-0.15, -0.1) is 0 Å². The van der Waals surface area contributed by atoms with Gasteiger partial charge in [0.1, 0.15) is 0 Å². The van der Waals surface area contributed by atoms with Crippen molar-refractivity contribution in [2.75, 3.05) is 0 Å². The van der Waals surface area contributed by atoms with E-state index in [1.54, 1.807) is 0 Å². The number of hydrogen-bond donors (Lipinski definition) is 0. The Balaban J connectivity index is 2.35. The molecule has 0 saturated carbocycles. The van der Waals surface area contributed by atoms with Crippen molar-refractivity contribution >= 4 is 5.78 Å². The molecule has 0 spiro atoms. The zero-order chi connectivity index (χ0) is 11.8. The summed E-state index contributed by atoms with van der Waals surface area (Å²) in [6, 6.07) is 0. The summed E-state index contributed by atoms with van der Waals surface area (Å²) in [4.78, 5) is 11.8. The number of carbonyl (C=O) groups is 1. The predicted molar refractivity (Wildman–Crippen MR) is 67.2 cm³/mol. The summed E-state index contributed by atoms with van der Waals surface area (Å²) < 4.78 is 0. The Labute approximate surface area is 98.6 Å². The first-order chi connectivity index (χ1) is 7.51. The SMILES string of the molecule is CC(C)CC1=CC(=O)CC2(C)CCCC=C12. The Morgan fingerprint density at radius 1 is 1.44 bits per heavy atom. The van der Waals surface area contributed by atoms with E-state index in [-0.39, 0.29) is 5.41 Å². The molecular weight excluding hydrogens is 196 g/mol. The molecule has 1 unspecified atom stereocenters. The van der Waals surface area contributed by atoms with Gasteiger partial charge in [0.15, 0.2) is 5.78 Å². The summed E-state index contributed by atoms with van der Waals surface area (Å²) in [6.07, 6.45) is 9.66. The van der Waals surface area contributed by atoms with E-state index in [2.05, 4.69) is 26.8 Å². The van der Waals surface area contributed by atoms with Gasteiger partial charge in [-0.25, -0.2) is 0 Å². The molecular formula is C15H22O. The van der Waals surface area contributed by atoms with Gasteiger partial charge in [0.05, 0.1) is 0 Å². The average molecular weight is 218 g/mol. The van der Waals surface area contributed by atoms with E-state index in [1.807, 2.05) is 6.08 Å². The fourth-order valence-electron chi connectivity index (χ4n) is 3.14. The lowest BCUT2D eigenvalue weighted by Crippen LogP contribution is -2.30. The van der Waals surface area contributed by atoms with Crippen molar-refractivity contribution in [3.05, 3.63) is 23.3 Å². The minimum Gasteiger partial charge on any atom is -0.295 e. The molecule has 0 radical (unpaired) electrons. The van der Waals surface area contributed by atoms with Crippen LogP contribution in [0.25, 0.3) is 0 Å². The van der Waals surface area contributed by atoms with Gasteiger partial charge in [0, 0.05) is 6.42 Å². The van der Waals surface area contributed by atoms with Crippen molar-refractivity contribution in [1.82, 2.24) is 0 Å². The summed E-state index contributed by atoms with van der Waals surface area (Å²) in [5, 5.41) is 0. The van der Waals surface area contributed by atoms with Crippen LogP contribution in [0, 0.1) is 11.3 Å². The summed E-state index contributed by atoms with van der Waals surface area (Å²) in [5.74, 6) is 0.960. The van der Waals surface area contributed by atoms with Crippen LogP contribution in [0.4, 0.5) is 0 Å². The van der Waals surface area contributed by atoms with Crippen LogP contribution >= 0.6 is 0 Å². The van der Waals surface area contributed by atoms with Gasteiger partial charge in [-0.3, -0.25) is 4.79 Å². The van der Waals surface area contributed by atoms with E-state index in [1.165, 1.54) is 30.4 Å². The zero-order valence-electron chi connectivity index (χ0n) is 10.7. The van der Waals surface area contributed by atoms with E-state index in [9.17, 15) is 4.79 Å². The molecule has 0 aromatic carbocycles. The number of carbonyl (C=O) groups excluding carboxylic acids is 1. The molecule has 1 nitrogen and oxygen atoms in total. The Hall–Kier alpha value is -0.850. The lowest BCUT2D eigenvalue weighted by Gasteiger charge is -2.39. The predicted octanol–water partition coefficient (Wildman–Crippen LogP) is 4.05. The molecule has 1 atom stereocenters. The molecule has 2 aliphatic rings. The highest BCUT2D eigenvalue weighted by Gasteiger charge is 2.37. The molecule has 2 aliphatic carbocycles. The van der Waals surface area contributed by atoms with Gasteiger partial charge in [-0.05, 0) is 54.2 Å². The second-order valence-electron chi connectivity index (χ2n) is 5.98. The molecule has 0 fully saturated rings. The Bertz CT molecular complexity index is 360. The third kappa shape index (κ3) is 2.14. The van der Waals surface area contributed by atoms with Gasteiger partial charge in [0.25, 0.3) is 0 Å². The quantitative estimate of drug-likeness (QED) is 0.683. The maximum atomic E-state index is 11.8. The third-order valence-corrected chi connectivity index (χ3v) is 3.81. The van der Waals surface area contributed by atoms with Crippen LogP contribution in [-0.2, 0) is 4.79 Å². The molecule has 0 amide bonds. The Morgan fingerprint density at radius 3 is 2.88 bits per heavy atom. The summed E-state index contributed by atoms with van der Waals surface area (Å²) in [5.41, 5.74) is 2.94. The van der Waals surface area contributed by atoms with Crippen LogP contribution in [0.1, 0.15) is 52.9 Å². The van der Waals surface area contributed by atoms with Crippen LogP contribution in [-0.4, -0.2) is 5.78 Å². The summed E-state index contributed by atoms with van der Waals surface area (Å²) in [7, 11) is 0. The average Bonchev–Trinajstić information content (AvgIpc) is 2.14. The molecule has 0 aliphatic heterocycles. The largest absolute Gasteiger partial charge is 0.295 e. The second-order valence-corrected chi connectivity index (χ2v) is 5.98. The van der Waals surface area contributed by atoms with Crippen molar-refractivity contribution in [1.29, 1.82) is 0 Å². The van der Waals surface area contributed by atoms with Gasteiger partial charge in [-0.1, -0.05) is 26.8 Å². The number of ketones is 1. The Morgan fingerprint density at radius 2 is 2.19 bits per heavy atom. The molecule has 0 saturated heterocycles. The molecule has 16 heavy (non-hydrogen) atoms. The minimum absolute atomic E-state index is 0.147. The van der Waals surface area contributed by atoms with Crippen molar-refractivity contribution in [2.24, 2.45) is 11.3 Å². The fraction of sp³-hybridized carbons (Fsp3) is 0.667. The number of hydrogen-bond acceptors (Lipinski definition) is 1. The molecule has 88 valence electrons. The molecule has 0 aromatic heterocycles. The Kier molecular flexibility index (Phi) is 3.05. The molecule has 0 aromatic rings. The maximum Gasteiger partial charge on any atom is 0.156 e.